The third-order valence-electron chi connectivity index (χ3n) is 2.70. The van der Waals surface area contributed by atoms with E-state index in [4.69, 9.17) is 4.74 Å². The van der Waals surface area contributed by atoms with Gasteiger partial charge in [0.05, 0.1) is 12.7 Å². The molecule has 1 aliphatic heterocycles. The normalized spacial score (nSPS) is 27.2. The summed E-state index contributed by atoms with van der Waals surface area (Å²) in [6, 6.07) is 0.400. The number of aliphatic hydroxyl groups is 1. The highest BCUT2D eigenvalue weighted by Gasteiger charge is 2.14. The minimum absolute atomic E-state index is 0.208. The van der Waals surface area contributed by atoms with E-state index in [-0.39, 0.29) is 6.10 Å². The second kappa shape index (κ2) is 6.38. The molecule has 0 aromatic carbocycles. The monoisotopic (exact) mass is 201 g/mol. The molecule has 84 valence electrons. The number of rotatable bonds is 5. The lowest BCUT2D eigenvalue weighted by molar-refractivity contribution is 0.0532. The molecule has 0 saturated carbocycles. The Hall–Kier alpha value is -0.120. The van der Waals surface area contributed by atoms with Crippen molar-refractivity contribution in [3.63, 3.8) is 0 Å². The molecule has 0 aliphatic carbocycles. The molecule has 1 fully saturated rings. The fraction of sp³-hybridized carbons (Fsp3) is 1.00. The van der Waals surface area contributed by atoms with Crippen LogP contribution in [-0.2, 0) is 4.74 Å². The molecule has 0 amide bonds. The fourth-order valence-electron chi connectivity index (χ4n) is 1.93. The quantitative estimate of drug-likeness (QED) is 0.701. The van der Waals surface area contributed by atoms with Gasteiger partial charge in [0, 0.05) is 19.2 Å². The van der Waals surface area contributed by atoms with Gasteiger partial charge < -0.3 is 15.2 Å². The van der Waals surface area contributed by atoms with Gasteiger partial charge in [-0.05, 0) is 39.0 Å². The lowest BCUT2D eigenvalue weighted by Crippen LogP contribution is -2.36. The number of aliphatic hydroxyl groups excluding tert-OH is 1. The third kappa shape index (κ3) is 4.94. The zero-order valence-corrected chi connectivity index (χ0v) is 9.33. The lowest BCUT2D eigenvalue weighted by Gasteiger charge is -2.24. The molecular formula is C11H23NO2. The van der Waals surface area contributed by atoms with Crippen molar-refractivity contribution >= 4 is 0 Å². The SMILES string of the molecule is CC(O)CC(C)NCC1CCCOC1. The maximum absolute atomic E-state index is 9.20. The zero-order chi connectivity index (χ0) is 10.4. The fourth-order valence-corrected chi connectivity index (χ4v) is 1.93. The van der Waals surface area contributed by atoms with Crippen molar-refractivity contribution in [2.75, 3.05) is 19.8 Å². The van der Waals surface area contributed by atoms with Gasteiger partial charge in [-0.1, -0.05) is 0 Å². The van der Waals surface area contributed by atoms with Gasteiger partial charge in [0.25, 0.3) is 0 Å². The number of ether oxygens (including phenoxy) is 1. The molecule has 3 atom stereocenters. The standard InChI is InChI=1S/C11H23NO2/c1-9(6-10(2)13)12-7-11-4-3-5-14-8-11/h9-13H,3-8H2,1-2H3. The molecule has 0 spiro atoms. The van der Waals surface area contributed by atoms with E-state index >= 15 is 0 Å². The molecule has 1 saturated heterocycles. The maximum atomic E-state index is 9.20. The first-order chi connectivity index (χ1) is 6.68. The van der Waals surface area contributed by atoms with E-state index in [1.807, 2.05) is 6.92 Å². The van der Waals surface area contributed by atoms with Crippen LogP contribution in [0.5, 0.6) is 0 Å². The lowest BCUT2D eigenvalue weighted by atomic mass is 10.0. The third-order valence-corrected chi connectivity index (χ3v) is 2.70. The Morgan fingerprint density at radius 3 is 2.86 bits per heavy atom. The van der Waals surface area contributed by atoms with E-state index < -0.39 is 0 Å². The molecule has 0 aromatic rings. The molecule has 1 heterocycles. The summed E-state index contributed by atoms with van der Waals surface area (Å²) in [5.41, 5.74) is 0. The van der Waals surface area contributed by atoms with Crippen LogP contribution >= 0.6 is 0 Å². The summed E-state index contributed by atoms with van der Waals surface area (Å²) in [6.07, 6.45) is 3.08. The van der Waals surface area contributed by atoms with E-state index in [0.717, 1.165) is 26.2 Å². The van der Waals surface area contributed by atoms with Crippen molar-refractivity contribution in [2.45, 2.75) is 45.3 Å². The van der Waals surface area contributed by atoms with Crippen molar-refractivity contribution in [3.8, 4) is 0 Å². The molecule has 3 heteroatoms. The average Bonchev–Trinajstić information content (AvgIpc) is 2.15. The summed E-state index contributed by atoms with van der Waals surface area (Å²) >= 11 is 0. The van der Waals surface area contributed by atoms with Crippen molar-refractivity contribution in [1.29, 1.82) is 0 Å². The van der Waals surface area contributed by atoms with Gasteiger partial charge in [-0.3, -0.25) is 0 Å². The second-order valence-electron chi connectivity index (χ2n) is 4.48. The highest BCUT2D eigenvalue weighted by Crippen LogP contribution is 2.12. The van der Waals surface area contributed by atoms with Gasteiger partial charge in [-0.15, -0.1) is 0 Å². The summed E-state index contributed by atoms with van der Waals surface area (Å²) < 4.78 is 5.41. The van der Waals surface area contributed by atoms with Gasteiger partial charge >= 0.3 is 0 Å². The molecule has 3 unspecified atom stereocenters. The number of hydrogen-bond acceptors (Lipinski definition) is 3. The Morgan fingerprint density at radius 1 is 1.50 bits per heavy atom. The molecule has 14 heavy (non-hydrogen) atoms. The smallest absolute Gasteiger partial charge is 0.0526 e. The Morgan fingerprint density at radius 2 is 2.29 bits per heavy atom. The first-order valence-electron chi connectivity index (χ1n) is 5.67. The van der Waals surface area contributed by atoms with Gasteiger partial charge in [-0.25, -0.2) is 0 Å². The van der Waals surface area contributed by atoms with Crippen LogP contribution in [0.2, 0.25) is 0 Å². The van der Waals surface area contributed by atoms with Crippen LogP contribution in [0, 0.1) is 5.92 Å². The summed E-state index contributed by atoms with van der Waals surface area (Å²) in [7, 11) is 0. The maximum Gasteiger partial charge on any atom is 0.0526 e. The first kappa shape index (κ1) is 12.0. The van der Waals surface area contributed by atoms with Crippen molar-refractivity contribution in [2.24, 2.45) is 5.92 Å². The largest absolute Gasteiger partial charge is 0.393 e. The molecule has 0 bridgehead atoms. The Balaban J connectivity index is 2.06. The van der Waals surface area contributed by atoms with E-state index in [1.165, 1.54) is 12.8 Å². The van der Waals surface area contributed by atoms with Gasteiger partial charge in [-0.2, -0.15) is 0 Å². The van der Waals surface area contributed by atoms with Crippen LogP contribution in [0.1, 0.15) is 33.1 Å². The van der Waals surface area contributed by atoms with Crippen LogP contribution in [0.3, 0.4) is 0 Å². The van der Waals surface area contributed by atoms with Crippen LogP contribution in [-0.4, -0.2) is 37.0 Å². The van der Waals surface area contributed by atoms with Crippen molar-refractivity contribution < 1.29 is 9.84 Å². The van der Waals surface area contributed by atoms with Gasteiger partial charge in [0.2, 0.25) is 0 Å². The predicted octanol–water partition coefficient (Wildman–Crippen LogP) is 1.16. The molecule has 3 nitrogen and oxygen atoms in total. The number of hydrogen-bond donors (Lipinski definition) is 2. The molecule has 1 aliphatic rings. The Kier molecular flexibility index (Phi) is 5.45. The minimum atomic E-state index is -0.208. The van der Waals surface area contributed by atoms with Crippen LogP contribution in [0.25, 0.3) is 0 Å². The van der Waals surface area contributed by atoms with Crippen molar-refractivity contribution in [3.05, 3.63) is 0 Å². The zero-order valence-electron chi connectivity index (χ0n) is 9.33. The summed E-state index contributed by atoms with van der Waals surface area (Å²) in [4.78, 5) is 0. The van der Waals surface area contributed by atoms with Crippen molar-refractivity contribution in [1.82, 2.24) is 5.32 Å². The first-order valence-corrected chi connectivity index (χ1v) is 5.67. The van der Waals surface area contributed by atoms with E-state index in [9.17, 15) is 5.11 Å². The highest BCUT2D eigenvalue weighted by molar-refractivity contribution is 4.70. The highest BCUT2D eigenvalue weighted by atomic mass is 16.5. The summed E-state index contributed by atoms with van der Waals surface area (Å²) in [6.45, 7) is 6.81. The van der Waals surface area contributed by atoms with Gasteiger partial charge in [0.15, 0.2) is 0 Å². The Labute approximate surface area is 86.8 Å². The topological polar surface area (TPSA) is 41.5 Å². The minimum Gasteiger partial charge on any atom is -0.393 e. The van der Waals surface area contributed by atoms with Crippen LogP contribution in [0.15, 0.2) is 0 Å². The van der Waals surface area contributed by atoms with Crippen LogP contribution < -0.4 is 5.32 Å². The molecule has 0 aromatic heterocycles. The summed E-state index contributed by atoms with van der Waals surface area (Å²) in [5, 5.41) is 12.6. The van der Waals surface area contributed by atoms with E-state index in [2.05, 4.69) is 12.2 Å². The van der Waals surface area contributed by atoms with Gasteiger partial charge in [0.1, 0.15) is 0 Å². The van der Waals surface area contributed by atoms with E-state index in [0.29, 0.717) is 12.0 Å². The predicted molar refractivity (Wildman–Crippen MR) is 57.3 cm³/mol. The second-order valence-corrected chi connectivity index (χ2v) is 4.48. The van der Waals surface area contributed by atoms with Crippen LogP contribution in [0.4, 0.5) is 0 Å². The molecule has 2 N–H and O–H groups in total. The molecule has 0 radical (unpaired) electrons. The average molecular weight is 201 g/mol. The Bertz CT molecular complexity index is 144. The molecule has 1 rings (SSSR count). The summed E-state index contributed by atoms with van der Waals surface area (Å²) in [5.74, 6) is 0.667. The molecular weight excluding hydrogens is 178 g/mol. The number of nitrogens with one attached hydrogen (secondary N) is 1. The van der Waals surface area contributed by atoms with E-state index in [1.54, 1.807) is 0 Å².